The molecule has 0 aliphatic rings. The highest BCUT2D eigenvalue weighted by Crippen LogP contribution is 2.20. The molecule has 0 aliphatic carbocycles. The van der Waals surface area contributed by atoms with Gasteiger partial charge in [0.25, 0.3) is 11.6 Å². The standard InChI is InChI=1S/C15H11N3O3/c1-10-6-7-12(18(20)21)8-13(10)15(19)17-14-5-3-2-4-11(14)9-16/h2-8H,1H3,(H,17,19). The third kappa shape index (κ3) is 3.04. The summed E-state index contributed by atoms with van der Waals surface area (Å²) in [7, 11) is 0. The molecule has 0 heterocycles. The monoisotopic (exact) mass is 281 g/mol. The smallest absolute Gasteiger partial charge is 0.270 e. The number of aryl methyl sites for hydroxylation is 1. The highest BCUT2D eigenvalue weighted by atomic mass is 16.6. The van der Waals surface area contributed by atoms with Crippen LogP contribution < -0.4 is 5.32 Å². The Balaban J connectivity index is 2.35. The highest BCUT2D eigenvalue weighted by molar-refractivity contribution is 6.06. The summed E-state index contributed by atoms with van der Waals surface area (Å²) in [5.74, 6) is -0.487. The van der Waals surface area contributed by atoms with Gasteiger partial charge in [-0.25, -0.2) is 0 Å². The molecule has 0 aromatic heterocycles. The quantitative estimate of drug-likeness (QED) is 0.690. The molecule has 0 atom stereocenters. The summed E-state index contributed by atoms with van der Waals surface area (Å²) in [6, 6.07) is 12.6. The Labute approximate surface area is 120 Å². The first kappa shape index (κ1) is 14.2. The molecular formula is C15H11N3O3. The van der Waals surface area contributed by atoms with E-state index in [1.54, 1.807) is 31.2 Å². The molecule has 0 fully saturated rings. The number of amides is 1. The van der Waals surface area contributed by atoms with E-state index in [-0.39, 0.29) is 11.3 Å². The minimum absolute atomic E-state index is 0.153. The maximum absolute atomic E-state index is 12.2. The summed E-state index contributed by atoms with van der Waals surface area (Å²) >= 11 is 0. The second kappa shape index (κ2) is 5.84. The van der Waals surface area contributed by atoms with Crippen LogP contribution in [0.1, 0.15) is 21.5 Å². The molecule has 0 unspecified atom stereocenters. The van der Waals surface area contributed by atoms with Crippen LogP contribution in [0.5, 0.6) is 0 Å². The van der Waals surface area contributed by atoms with Gasteiger partial charge >= 0.3 is 0 Å². The van der Waals surface area contributed by atoms with Crippen LogP contribution in [-0.2, 0) is 0 Å². The molecule has 6 heteroatoms. The van der Waals surface area contributed by atoms with Crippen molar-refractivity contribution >= 4 is 17.3 Å². The van der Waals surface area contributed by atoms with Crippen molar-refractivity contribution in [1.29, 1.82) is 5.26 Å². The van der Waals surface area contributed by atoms with Crippen molar-refractivity contribution in [2.24, 2.45) is 0 Å². The number of carbonyl (C=O) groups excluding carboxylic acids is 1. The van der Waals surface area contributed by atoms with Gasteiger partial charge in [0.1, 0.15) is 6.07 Å². The molecule has 1 amide bonds. The lowest BCUT2D eigenvalue weighted by Crippen LogP contribution is -2.14. The van der Waals surface area contributed by atoms with E-state index >= 15 is 0 Å². The number of non-ortho nitro benzene ring substituents is 1. The molecule has 0 radical (unpaired) electrons. The topological polar surface area (TPSA) is 96.0 Å². The van der Waals surface area contributed by atoms with E-state index in [1.807, 2.05) is 6.07 Å². The Morgan fingerprint density at radius 2 is 2.00 bits per heavy atom. The maximum atomic E-state index is 12.2. The van der Waals surface area contributed by atoms with E-state index in [9.17, 15) is 14.9 Å². The number of hydrogen-bond acceptors (Lipinski definition) is 4. The number of rotatable bonds is 3. The first-order chi connectivity index (χ1) is 10.0. The second-order valence-corrected chi connectivity index (χ2v) is 4.37. The largest absolute Gasteiger partial charge is 0.321 e. The molecule has 2 aromatic carbocycles. The SMILES string of the molecule is Cc1ccc([N+](=O)[O-])cc1C(=O)Nc1ccccc1C#N. The third-order valence-electron chi connectivity index (χ3n) is 2.97. The zero-order chi connectivity index (χ0) is 15.4. The molecule has 6 nitrogen and oxygen atoms in total. The first-order valence-electron chi connectivity index (χ1n) is 6.08. The van der Waals surface area contributed by atoms with E-state index in [0.29, 0.717) is 16.8 Å². The van der Waals surface area contributed by atoms with Crippen molar-refractivity contribution in [2.75, 3.05) is 5.32 Å². The fourth-order valence-electron chi connectivity index (χ4n) is 1.85. The van der Waals surface area contributed by atoms with Crippen LogP contribution in [0.25, 0.3) is 0 Å². The number of carbonyl (C=O) groups is 1. The minimum atomic E-state index is -0.556. The first-order valence-corrected chi connectivity index (χ1v) is 6.08. The number of nitrogens with one attached hydrogen (secondary N) is 1. The van der Waals surface area contributed by atoms with Crippen LogP contribution in [0, 0.1) is 28.4 Å². The Hall–Kier alpha value is -3.20. The molecule has 0 bridgehead atoms. The van der Waals surface area contributed by atoms with Crippen molar-refractivity contribution in [2.45, 2.75) is 6.92 Å². The van der Waals surface area contributed by atoms with Crippen LogP contribution in [0.15, 0.2) is 42.5 Å². The summed E-state index contributed by atoms with van der Waals surface area (Å²) < 4.78 is 0. The normalized spacial score (nSPS) is 9.71. The van der Waals surface area contributed by atoms with Gasteiger partial charge in [-0.05, 0) is 24.6 Å². The van der Waals surface area contributed by atoms with Gasteiger partial charge in [0.2, 0.25) is 0 Å². The fourth-order valence-corrected chi connectivity index (χ4v) is 1.85. The van der Waals surface area contributed by atoms with Gasteiger partial charge < -0.3 is 5.32 Å². The number of benzene rings is 2. The van der Waals surface area contributed by atoms with E-state index in [4.69, 9.17) is 5.26 Å². The van der Waals surface area contributed by atoms with Crippen molar-refractivity contribution in [3.63, 3.8) is 0 Å². The lowest BCUT2D eigenvalue weighted by molar-refractivity contribution is -0.384. The second-order valence-electron chi connectivity index (χ2n) is 4.37. The van der Waals surface area contributed by atoms with Gasteiger partial charge in [-0.2, -0.15) is 5.26 Å². The van der Waals surface area contributed by atoms with E-state index in [2.05, 4.69) is 5.32 Å². The Kier molecular flexibility index (Phi) is 3.95. The number of nitro groups is 1. The molecule has 21 heavy (non-hydrogen) atoms. The number of hydrogen-bond donors (Lipinski definition) is 1. The number of para-hydroxylation sites is 1. The summed E-state index contributed by atoms with van der Waals surface area (Å²) in [6.07, 6.45) is 0. The van der Waals surface area contributed by atoms with E-state index in [0.717, 1.165) is 0 Å². The van der Waals surface area contributed by atoms with E-state index in [1.165, 1.54) is 18.2 Å². The number of nitrogens with zero attached hydrogens (tertiary/aromatic N) is 2. The third-order valence-corrected chi connectivity index (χ3v) is 2.97. The van der Waals surface area contributed by atoms with Crippen LogP contribution >= 0.6 is 0 Å². The number of nitro benzene ring substituents is 1. The van der Waals surface area contributed by atoms with Gasteiger partial charge in [-0.3, -0.25) is 14.9 Å². The predicted octanol–water partition coefficient (Wildman–Crippen LogP) is 3.03. The van der Waals surface area contributed by atoms with Crippen LogP contribution in [0.3, 0.4) is 0 Å². The van der Waals surface area contributed by atoms with Crippen LogP contribution in [0.4, 0.5) is 11.4 Å². The van der Waals surface area contributed by atoms with Crippen molar-refractivity contribution in [3.8, 4) is 6.07 Å². The fraction of sp³-hybridized carbons (Fsp3) is 0.0667. The van der Waals surface area contributed by atoms with Gasteiger partial charge in [0.05, 0.1) is 16.2 Å². The summed E-state index contributed by atoms with van der Waals surface area (Å²) in [5, 5.41) is 22.4. The van der Waals surface area contributed by atoms with Gasteiger partial charge in [-0.1, -0.05) is 18.2 Å². The molecule has 2 rings (SSSR count). The lowest BCUT2D eigenvalue weighted by Gasteiger charge is -2.08. The lowest BCUT2D eigenvalue weighted by atomic mass is 10.1. The Bertz CT molecular complexity index is 763. The molecule has 2 aromatic rings. The minimum Gasteiger partial charge on any atom is -0.321 e. The van der Waals surface area contributed by atoms with Gasteiger partial charge in [0.15, 0.2) is 0 Å². The zero-order valence-corrected chi connectivity index (χ0v) is 11.2. The zero-order valence-electron chi connectivity index (χ0n) is 11.2. The number of anilines is 1. The Morgan fingerprint density at radius 1 is 1.29 bits per heavy atom. The van der Waals surface area contributed by atoms with Gasteiger partial charge in [-0.15, -0.1) is 0 Å². The molecule has 0 saturated carbocycles. The van der Waals surface area contributed by atoms with Crippen LogP contribution in [-0.4, -0.2) is 10.8 Å². The van der Waals surface area contributed by atoms with E-state index < -0.39 is 10.8 Å². The molecule has 1 N–H and O–H groups in total. The summed E-state index contributed by atoms with van der Waals surface area (Å²) in [5.41, 5.74) is 1.37. The van der Waals surface area contributed by atoms with Crippen molar-refractivity contribution < 1.29 is 9.72 Å². The van der Waals surface area contributed by atoms with Crippen molar-refractivity contribution in [3.05, 3.63) is 69.3 Å². The molecular weight excluding hydrogens is 270 g/mol. The predicted molar refractivity (Wildman–Crippen MR) is 76.9 cm³/mol. The molecule has 0 spiro atoms. The average Bonchev–Trinajstić information content (AvgIpc) is 2.47. The molecule has 0 aliphatic heterocycles. The maximum Gasteiger partial charge on any atom is 0.270 e. The average molecular weight is 281 g/mol. The Morgan fingerprint density at radius 3 is 2.67 bits per heavy atom. The number of nitriles is 1. The highest BCUT2D eigenvalue weighted by Gasteiger charge is 2.15. The summed E-state index contributed by atoms with van der Waals surface area (Å²) in [4.78, 5) is 22.5. The molecule has 104 valence electrons. The summed E-state index contributed by atoms with van der Waals surface area (Å²) in [6.45, 7) is 1.69. The molecule has 0 saturated heterocycles. The van der Waals surface area contributed by atoms with Crippen molar-refractivity contribution in [1.82, 2.24) is 0 Å². The van der Waals surface area contributed by atoms with Crippen LogP contribution in [0.2, 0.25) is 0 Å². The van der Waals surface area contributed by atoms with Gasteiger partial charge in [0, 0.05) is 17.7 Å².